The summed E-state index contributed by atoms with van der Waals surface area (Å²) in [6.45, 7) is 0. The van der Waals surface area contributed by atoms with Crippen LogP contribution in [0.1, 0.15) is 0 Å². The van der Waals surface area contributed by atoms with Crippen LogP contribution in [0.3, 0.4) is 0 Å². The zero-order chi connectivity index (χ0) is 10.3. The van der Waals surface area contributed by atoms with E-state index in [9.17, 15) is 0 Å². The molecule has 0 aliphatic heterocycles. The van der Waals surface area contributed by atoms with Crippen LogP contribution in [-0.2, 0) is 55.4 Å². The van der Waals surface area contributed by atoms with Gasteiger partial charge in [0.15, 0.2) is 0 Å². The Hall–Kier alpha value is -0.990. The SMILES string of the molecule is O=C([O-])C(=O)[O-].O=C([O-])C(=O)[O-].[Co+2].[Zn+2]. The Morgan fingerprint density at radius 1 is 0.571 bits per heavy atom. The second kappa shape index (κ2) is 12.0. The molecule has 0 unspecified atom stereocenters. The topological polar surface area (TPSA) is 161 Å². The largest absolute Gasteiger partial charge is 2.00 e. The first kappa shape index (κ1) is 23.1. The first-order chi connectivity index (χ1) is 5.29. The van der Waals surface area contributed by atoms with Gasteiger partial charge in [0.25, 0.3) is 0 Å². The molecule has 0 aromatic rings. The minimum atomic E-state index is -2.19. The van der Waals surface area contributed by atoms with Crippen LogP contribution >= 0.6 is 0 Å². The summed E-state index contributed by atoms with van der Waals surface area (Å²) in [6.07, 6.45) is 0. The van der Waals surface area contributed by atoms with Crippen molar-refractivity contribution in [2.75, 3.05) is 0 Å². The van der Waals surface area contributed by atoms with Gasteiger partial charge in [0.1, 0.15) is 0 Å². The molecule has 0 spiro atoms. The molecule has 0 amide bonds. The molecule has 0 fully saturated rings. The molecule has 0 atom stereocenters. The van der Waals surface area contributed by atoms with E-state index >= 15 is 0 Å². The van der Waals surface area contributed by atoms with Crippen molar-refractivity contribution in [3.05, 3.63) is 0 Å². The molecule has 10 heteroatoms. The van der Waals surface area contributed by atoms with Crippen molar-refractivity contribution in [3.63, 3.8) is 0 Å². The summed E-state index contributed by atoms with van der Waals surface area (Å²) in [5.41, 5.74) is 0. The Bertz CT molecular complexity index is 177. The third-order valence-corrected chi connectivity index (χ3v) is 0.333. The monoisotopic (exact) mass is 299 g/mol. The van der Waals surface area contributed by atoms with Gasteiger partial charge in [-0.2, -0.15) is 0 Å². The van der Waals surface area contributed by atoms with Gasteiger partial charge in [-0.05, 0) is 0 Å². The fraction of sp³-hybridized carbons (Fsp3) is 0. The van der Waals surface area contributed by atoms with Crippen LogP contribution in [-0.4, -0.2) is 23.9 Å². The first-order valence-corrected chi connectivity index (χ1v) is 2.13. The van der Waals surface area contributed by atoms with Gasteiger partial charge in [-0.1, -0.05) is 0 Å². The molecular formula is C4CoO8Zn. The van der Waals surface area contributed by atoms with Gasteiger partial charge in [0, 0.05) is 0 Å². The summed E-state index contributed by atoms with van der Waals surface area (Å²) >= 11 is 0. The van der Waals surface area contributed by atoms with E-state index < -0.39 is 23.9 Å². The molecule has 0 heterocycles. The van der Waals surface area contributed by atoms with Crippen molar-refractivity contribution in [3.8, 4) is 0 Å². The zero-order valence-electron chi connectivity index (χ0n) is 6.31. The molecule has 0 aliphatic rings. The van der Waals surface area contributed by atoms with Gasteiger partial charge in [-0.15, -0.1) is 0 Å². The molecule has 0 bridgehead atoms. The first-order valence-electron chi connectivity index (χ1n) is 2.13. The molecule has 1 radical (unpaired) electrons. The second-order valence-electron chi connectivity index (χ2n) is 1.15. The molecule has 0 saturated carbocycles. The fourth-order valence-electron chi connectivity index (χ4n) is 0. The average Bonchev–Trinajstić information content (AvgIpc) is 1.88. The minimum Gasteiger partial charge on any atom is -0.543 e. The zero-order valence-corrected chi connectivity index (χ0v) is 10.3. The molecule has 0 aliphatic carbocycles. The summed E-state index contributed by atoms with van der Waals surface area (Å²) < 4.78 is 0. The Morgan fingerprint density at radius 3 is 0.643 bits per heavy atom. The van der Waals surface area contributed by atoms with Crippen LogP contribution in [0.5, 0.6) is 0 Å². The van der Waals surface area contributed by atoms with Gasteiger partial charge < -0.3 is 39.6 Å². The molecule has 0 rings (SSSR count). The molecule has 75 valence electrons. The van der Waals surface area contributed by atoms with E-state index in [1.54, 1.807) is 0 Å². The van der Waals surface area contributed by atoms with Crippen LogP contribution in [0.4, 0.5) is 0 Å². The second-order valence-corrected chi connectivity index (χ2v) is 1.15. The van der Waals surface area contributed by atoms with Crippen LogP contribution in [0.2, 0.25) is 0 Å². The predicted octanol–water partition coefficient (Wildman–Crippen LogP) is -7.03. The summed E-state index contributed by atoms with van der Waals surface area (Å²) in [6, 6.07) is 0. The van der Waals surface area contributed by atoms with Crippen molar-refractivity contribution in [1.82, 2.24) is 0 Å². The molecule has 0 N–H and O–H groups in total. The number of carbonyl (C=O) groups is 4. The standard InChI is InChI=1S/2C2H2O4.Co.Zn/c2*3-1(4)2(5)6;;/h2*(H,3,4)(H,5,6);;/q;;2*+2/p-4. The Balaban J connectivity index is -0.0000000625. The third-order valence-electron chi connectivity index (χ3n) is 0.333. The molecule has 0 aromatic carbocycles. The average molecular weight is 300 g/mol. The van der Waals surface area contributed by atoms with E-state index in [0.717, 1.165) is 0 Å². The molecule has 14 heavy (non-hydrogen) atoms. The van der Waals surface area contributed by atoms with Crippen molar-refractivity contribution < 1.29 is 75.9 Å². The van der Waals surface area contributed by atoms with Crippen molar-refractivity contribution in [1.29, 1.82) is 0 Å². The van der Waals surface area contributed by atoms with E-state index in [-0.39, 0.29) is 36.3 Å². The van der Waals surface area contributed by atoms with Gasteiger partial charge in [-0.25, -0.2) is 0 Å². The number of aliphatic carboxylic acids is 4. The number of carboxylic acids is 4. The quantitative estimate of drug-likeness (QED) is 0.315. The Labute approximate surface area is 99.9 Å². The number of carboxylic acid groups (broad SMARTS) is 4. The van der Waals surface area contributed by atoms with E-state index in [1.165, 1.54) is 0 Å². The van der Waals surface area contributed by atoms with Gasteiger partial charge in [-0.3, -0.25) is 0 Å². The van der Waals surface area contributed by atoms with Crippen LogP contribution in [0, 0.1) is 0 Å². The molecule has 0 saturated heterocycles. The van der Waals surface area contributed by atoms with Gasteiger partial charge in [0.05, 0.1) is 23.9 Å². The maximum atomic E-state index is 8.93. The minimum absolute atomic E-state index is 0. The van der Waals surface area contributed by atoms with E-state index in [0.29, 0.717) is 0 Å². The van der Waals surface area contributed by atoms with E-state index in [1.807, 2.05) is 0 Å². The normalized spacial score (nSPS) is 6.29. The van der Waals surface area contributed by atoms with Gasteiger partial charge in [0.2, 0.25) is 0 Å². The predicted molar refractivity (Wildman–Crippen MR) is 20.0 cm³/mol. The van der Waals surface area contributed by atoms with E-state index in [4.69, 9.17) is 39.6 Å². The van der Waals surface area contributed by atoms with Gasteiger partial charge >= 0.3 is 36.3 Å². The molecule has 0 aromatic heterocycles. The number of rotatable bonds is 0. The fourth-order valence-corrected chi connectivity index (χ4v) is 0. The summed E-state index contributed by atoms with van der Waals surface area (Å²) in [4.78, 5) is 35.7. The third kappa shape index (κ3) is 22.5. The van der Waals surface area contributed by atoms with Crippen LogP contribution in [0.25, 0.3) is 0 Å². The summed E-state index contributed by atoms with van der Waals surface area (Å²) in [7, 11) is 0. The van der Waals surface area contributed by atoms with Crippen molar-refractivity contribution in [2.24, 2.45) is 0 Å². The smallest absolute Gasteiger partial charge is 0.543 e. The maximum absolute atomic E-state index is 8.93. The van der Waals surface area contributed by atoms with Crippen LogP contribution < -0.4 is 20.4 Å². The van der Waals surface area contributed by atoms with Crippen molar-refractivity contribution >= 4 is 23.9 Å². The summed E-state index contributed by atoms with van der Waals surface area (Å²) in [5.74, 6) is -8.74. The number of hydrogen-bond acceptors (Lipinski definition) is 8. The van der Waals surface area contributed by atoms with Crippen LogP contribution in [0.15, 0.2) is 0 Å². The number of carbonyl (C=O) groups excluding carboxylic acids is 4. The van der Waals surface area contributed by atoms with Crippen molar-refractivity contribution in [2.45, 2.75) is 0 Å². The maximum Gasteiger partial charge on any atom is 2.00 e. The molecular weight excluding hydrogens is 300 g/mol. The number of hydrogen-bond donors (Lipinski definition) is 0. The van der Waals surface area contributed by atoms with E-state index in [2.05, 4.69) is 0 Å². The molecule has 8 nitrogen and oxygen atoms in total. The summed E-state index contributed by atoms with van der Waals surface area (Å²) in [5, 5.41) is 35.7. The Kier molecular flexibility index (Phi) is 19.8. The Morgan fingerprint density at radius 2 is 0.643 bits per heavy atom.